The number of nitrogens with zero attached hydrogens (tertiary/aromatic N) is 1. The van der Waals surface area contributed by atoms with Crippen molar-refractivity contribution in [3.8, 4) is 0 Å². The van der Waals surface area contributed by atoms with E-state index in [0.29, 0.717) is 12.3 Å². The Kier molecular flexibility index (Phi) is 4.70. The first kappa shape index (κ1) is 15.7. The quantitative estimate of drug-likeness (QED) is 0.826. The summed E-state index contributed by atoms with van der Waals surface area (Å²) in [5.74, 6) is 0. The van der Waals surface area contributed by atoms with E-state index in [4.69, 9.17) is 9.53 Å². The number of hydrogen-bond acceptors (Lipinski definition) is 3. The van der Waals surface area contributed by atoms with E-state index < -0.39 is 14.4 Å². The highest BCUT2D eigenvalue weighted by Crippen LogP contribution is 2.36. The minimum absolute atomic E-state index is 0.164. The second kappa shape index (κ2) is 5.71. The molecule has 0 aliphatic heterocycles. The van der Waals surface area contributed by atoms with Crippen molar-refractivity contribution in [2.45, 2.75) is 45.5 Å². The van der Waals surface area contributed by atoms with Crippen LogP contribution in [0.2, 0.25) is 18.1 Å². The van der Waals surface area contributed by atoms with Crippen molar-refractivity contribution >= 4 is 20.1 Å². The Morgan fingerprint density at radius 3 is 2.47 bits per heavy atom. The molecule has 1 aromatic heterocycles. The van der Waals surface area contributed by atoms with Gasteiger partial charge in [-0.1, -0.05) is 20.8 Å². The number of amides is 1. The van der Waals surface area contributed by atoms with Gasteiger partial charge in [-0.05, 0) is 30.3 Å². The third kappa shape index (κ3) is 4.64. The van der Waals surface area contributed by atoms with Crippen molar-refractivity contribution in [2.75, 3.05) is 5.32 Å². The molecule has 0 bridgehead atoms. The van der Waals surface area contributed by atoms with E-state index in [-0.39, 0.29) is 5.04 Å². The van der Waals surface area contributed by atoms with Gasteiger partial charge < -0.3 is 9.53 Å². The zero-order valence-corrected chi connectivity index (χ0v) is 13.2. The Bertz CT molecular complexity index is 438. The predicted molar refractivity (Wildman–Crippen MR) is 77.9 cm³/mol. The fourth-order valence-corrected chi connectivity index (χ4v) is 2.12. The maximum absolute atomic E-state index is 10.5. The van der Waals surface area contributed by atoms with Gasteiger partial charge in [0.1, 0.15) is 0 Å². The zero-order chi connectivity index (χ0) is 14.7. The average Bonchev–Trinajstić information content (AvgIpc) is 2.26. The number of carboxylic acid groups (broad SMARTS) is 1. The van der Waals surface area contributed by atoms with Gasteiger partial charge in [-0.2, -0.15) is 0 Å². The molecule has 19 heavy (non-hydrogen) atoms. The van der Waals surface area contributed by atoms with E-state index in [2.05, 4.69) is 44.2 Å². The third-order valence-corrected chi connectivity index (χ3v) is 7.94. The second-order valence-corrected chi connectivity index (χ2v) is 10.8. The molecule has 5 nitrogen and oxygen atoms in total. The average molecular weight is 282 g/mol. The molecular formula is C13H22N2O3Si. The fourth-order valence-electron chi connectivity index (χ4n) is 1.18. The number of aromatic nitrogens is 1. The van der Waals surface area contributed by atoms with Crippen LogP contribution in [0.1, 0.15) is 26.5 Å². The lowest BCUT2D eigenvalue weighted by Crippen LogP contribution is -2.40. The van der Waals surface area contributed by atoms with E-state index in [1.165, 1.54) is 6.20 Å². The van der Waals surface area contributed by atoms with Crippen LogP contribution in [0.4, 0.5) is 10.5 Å². The van der Waals surface area contributed by atoms with Crippen molar-refractivity contribution < 1.29 is 14.3 Å². The number of nitrogens with one attached hydrogen (secondary N) is 1. The van der Waals surface area contributed by atoms with Crippen LogP contribution in [-0.2, 0) is 11.0 Å². The number of hydrogen-bond donors (Lipinski definition) is 2. The van der Waals surface area contributed by atoms with Gasteiger partial charge in [0.15, 0.2) is 8.32 Å². The molecule has 1 aromatic rings. The van der Waals surface area contributed by atoms with Gasteiger partial charge >= 0.3 is 6.09 Å². The fraction of sp³-hybridized carbons (Fsp3) is 0.538. The summed E-state index contributed by atoms with van der Waals surface area (Å²) < 4.78 is 6.04. The van der Waals surface area contributed by atoms with Gasteiger partial charge in [-0.3, -0.25) is 10.3 Å². The standard InChI is InChI=1S/C13H22N2O3Si/c1-13(2,3)19(4,5)18-9-11-7-6-10(8-14-11)15-12(16)17/h6-8,15H,9H2,1-5H3,(H,16,17). The summed E-state index contributed by atoms with van der Waals surface area (Å²) in [6.45, 7) is 11.4. The van der Waals surface area contributed by atoms with E-state index in [9.17, 15) is 4.79 Å². The lowest BCUT2D eigenvalue weighted by atomic mass is 10.2. The van der Waals surface area contributed by atoms with Crippen LogP contribution in [0.5, 0.6) is 0 Å². The monoisotopic (exact) mass is 282 g/mol. The summed E-state index contributed by atoms with van der Waals surface area (Å²) in [6, 6.07) is 3.46. The van der Waals surface area contributed by atoms with Gasteiger partial charge in [0.2, 0.25) is 0 Å². The van der Waals surface area contributed by atoms with Crippen LogP contribution in [0.15, 0.2) is 18.3 Å². The van der Waals surface area contributed by atoms with Crippen molar-refractivity contribution in [3.05, 3.63) is 24.0 Å². The third-order valence-electron chi connectivity index (χ3n) is 3.46. The number of carbonyl (C=O) groups is 1. The second-order valence-electron chi connectivity index (χ2n) is 6.02. The summed E-state index contributed by atoms with van der Waals surface area (Å²) in [5, 5.41) is 11.0. The van der Waals surface area contributed by atoms with Gasteiger partial charge in [-0.15, -0.1) is 0 Å². The molecule has 1 rings (SSSR count). The van der Waals surface area contributed by atoms with Gasteiger partial charge in [0, 0.05) is 0 Å². The Morgan fingerprint density at radius 2 is 2.05 bits per heavy atom. The largest absolute Gasteiger partial charge is 0.465 e. The highest BCUT2D eigenvalue weighted by molar-refractivity contribution is 6.74. The Labute approximate surface area is 115 Å². The molecule has 0 saturated carbocycles. The Balaban J connectivity index is 2.62. The number of anilines is 1. The number of rotatable bonds is 4. The van der Waals surface area contributed by atoms with E-state index in [1.807, 2.05) is 0 Å². The van der Waals surface area contributed by atoms with E-state index in [1.54, 1.807) is 12.1 Å². The van der Waals surface area contributed by atoms with E-state index >= 15 is 0 Å². The molecule has 0 aromatic carbocycles. The highest BCUT2D eigenvalue weighted by atomic mass is 28.4. The van der Waals surface area contributed by atoms with Crippen LogP contribution >= 0.6 is 0 Å². The van der Waals surface area contributed by atoms with Gasteiger partial charge in [0.25, 0.3) is 0 Å². The van der Waals surface area contributed by atoms with Crippen molar-refractivity contribution in [1.29, 1.82) is 0 Å². The SMILES string of the molecule is CC(C)(C)[Si](C)(C)OCc1ccc(NC(=O)O)cn1. The van der Waals surface area contributed by atoms with Crippen LogP contribution in [0, 0.1) is 0 Å². The first-order valence-electron chi connectivity index (χ1n) is 6.21. The summed E-state index contributed by atoms with van der Waals surface area (Å²) in [6.07, 6.45) is 0.408. The molecule has 2 N–H and O–H groups in total. The Hall–Kier alpha value is -1.40. The smallest absolute Gasteiger partial charge is 0.409 e. The highest BCUT2D eigenvalue weighted by Gasteiger charge is 2.37. The first-order chi connectivity index (χ1) is 8.62. The first-order valence-corrected chi connectivity index (χ1v) is 9.11. The summed E-state index contributed by atoms with van der Waals surface area (Å²) >= 11 is 0. The zero-order valence-electron chi connectivity index (χ0n) is 12.2. The maximum atomic E-state index is 10.5. The molecule has 0 atom stereocenters. The molecular weight excluding hydrogens is 260 g/mol. The van der Waals surface area contributed by atoms with Gasteiger partial charge in [-0.25, -0.2) is 4.79 Å². The molecule has 0 aliphatic rings. The molecule has 6 heteroatoms. The molecule has 0 unspecified atom stereocenters. The normalized spacial score (nSPS) is 12.3. The number of pyridine rings is 1. The lowest BCUT2D eigenvalue weighted by molar-refractivity contribution is 0.209. The van der Waals surface area contributed by atoms with Crippen molar-refractivity contribution in [3.63, 3.8) is 0 Å². The van der Waals surface area contributed by atoms with E-state index in [0.717, 1.165) is 5.69 Å². The minimum Gasteiger partial charge on any atom is -0.465 e. The van der Waals surface area contributed by atoms with Crippen LogP contribution < -0.4 is 5.32 Å². The molecule has 0 fully saturated rings. The molecule has 0 saturated heterocycles. The van der Waals surface area contributed by atoms with Crippen LogP contribution in [-0.4, -0.2) is 24.5 Å². The summed E-state index contributed by atoms with van der Waals surface area (Å²) in [5.41, 5.74) is 1.27. The van der Waals surface area contributed by atoms with Gasteiger partial charge in [0.05, 0.1) is 24.2 Å². The molecule has 106 valence electrons. The Morgan fingerprint density at radius 1 is 1.42 bits per heavy atom. The predicted octanol–water partition coefficient (Wildman–Crippen LogP) is 3.69. The molecule has 1 amide bonds. The molecule has 0 spiro atoms. The van der Waals surface area contributed by atoms with Crippen molar-refractivity contribution in [2.24, 2.45) is 0 Å². The molecule has 0 radical (unpaired) electrons. The van der Waals surface area contributed by atoms with Crippen molar-refractivity contribution in [1.82, 2.24) is 4.98 Å². The maximum Gasteiger partial charge on any atom is 0.409 e. The summed E-state index contributed by atoms with van der Waals surface area (Å²) in [4.78, 5) is 14.7. The minimum atomic E-state index is -1.78. The lowest BCUT2D eigenvalue weighted by Gasteiger charge is -2.36. The topological polar surface area (TPSA) is 71.5 Å². The van der Waals surface area contributed by atoms with Crippen LogP contribution in [0.25, 0.3) is 0 Å². The summed E-state index contributed by atoms with van der Waals surface area (Å²) in [7, 11) is -1.78. The molecule has 0 aliphatic carbocycles. The van der Waals surface area contributed by atoms with Crippen LogP contribution in [0.3, 0.4) is 0 Å². The molecule has 1 heterocycles.